The Hall–Kier alpha value is -2.81. The molecule has 0 bridgehead atoms. The second-order valence-corrected chi connectivity index (χ2v) is 4.92. The Kier molecular flexibility index (Phi) is 3.32. The van der Waals surface area contributed by atoms with Gasteiger partial charge in [0.05, 0.1) is 6.26 Å². The fourth-order valence-electron chi connectivity index (χ4n) is 2.40. The second-order valence-electron chi connectivity index (χ2n) is 4.92. The van der Waals surface area contributed by atoms with E-state index in [0.717, 1.165) is 21.9 Å². The predicted molar refractivity (Wildman–Crippen MR) is 82.1 cm³/mol. The van der Waals surface area contributed by atoms with Gasteiger partial charge >= 0.3 is 5.97 Å². The van der Waals surface area contributed by atoms with E-state index in [-0.39, 0.29) is 0 Å². The van der Waals surface area contributed by atoms with E-state index in [0.29, 0.717) is 11.3 Å². The van der Waals surface area contributed by atoms with E-state index in [1.807, 2.05) is 55.5 Å². The Labute approximate surface area is 122 Å². The van der Waals surface area contributed by atoms with Gasteiger partial charge in [-0.3, -0.25) is 0 Å². The van der Waals surface area contributed by atoms with E-state index in [1.165, 1.54) is 6.08 Å². The number of aryl methyl sites for hydroxylation is 1. The van der Waals surface area contributed by atoms with Crippen molar-refractivity contribution in [2.75, 3.05) is 0 Å². The maximum absolute atomic E-state index is 11.2. The van der Waals surface area contributed by atoms with Crippen molar-refractivity contribution in [3.63, 3.8) is 0 Å². The molecule has 0 aliphatic heterocycles. The minimum Gasteiger partial charge on any atom is -0.478 e. The van der Waals surface area contributed by atoms with Crippen molar-refractivity contribution >= 4 is 22.3 Å². The molecule has 3 rings (SSSR count). The summed E-state index contributed by atoms with van der Waals surface area (Å²) in [4.78, 5) is 11.2. The molecule has 0 radical (unpaired) electrons. The first-order valence-corrected chi connectivity index (χ1v) is 6.63. The van der Waals surface area contributed by atoms with Gasteiger partial charge in [0.15, 0.2) is 0 Å². The lowest BCUT2D eigenvalue weighted by atomic mass is 9.99. The number of benzene rings is 2. The minimum absolute atomic E-state index is 0.571. The Morgan fingerprint density at radius 1 is 1.14 bits per heavy atom. The van der Waals surface area contributed by atoms with Crippen LogP contribution in [0.15, 0.2) is 65.3 Å². The molecule has 0 amide bonds. The third-order valence-electron chi connectivity index (χ3n) is 3.35. The molecule has 0 saturated heterocycles. The van der Waals surface area contributed by atoms with Crippen molar-refractivity contribution in [3.05, 3.63) is 77.8 Å². The highest BCUT2D eigenvalue weighted by molar-refractivity contribution is 6.01. The van der Waals surface area contributed by atoms with Crippen molar-refractivity contribution < 1.29 is 14.3 Å². The van der Waals surface area contributed by atoms with Crippen LogP contribution in [0.25, 0.3) is 16.3 Å². The lowest BCUT2D eigenvalue weighted by molar-refractivity contribution is -0.131. The van der Waals surface area contributed by atoms with Crippen molar-refractivity contribution in [2.24, 2.45) is 0 Å². The van der Waals surface area contributed by atoms with Gasteiger partial charge in [-0.1, -0.05) is 48.0 Å². The first kappa shape index (κ1) is 13.2. The fourth-order valence-corrected chi connectivity index (χ4v) is 2.40. The third-order valence-corrected chi connectivity index (χ3v) is 3.35. The summed E-state index contributed by atoms with van der Waals surface area (Å²) in [6.45, 7) is 2.01. The zero-order chi connectivity index (χ0) is 14.8. The van der Waals surface area contributed by atoms with E-state index in [1.54, 1.807) is 6.26 Å². The van der Waals surface area contributed by atoms with Crippen LogP contribution in [-0.4, -0.2) is 11.1 Å². The average molecular weight is 278 g/mol. The van der Waals surface area contributed by atoms with Gasteiger partial charge in [0.1, 0.15) is 5.76 Å². The third kappa shape index (κ3) is 2.58. The molecule has 0 spiro atoms. The number of rotatable bonds is 3. The highest BCUT2D eigenvalue weighted by Crippen LogP contribution is 2.31. The highest BCUT2D eigenvalue weighted by atomic mass is 16.4. The van der Waals surface area contributed by atoms with Gasteiger partial charge in [-0.25, -0.2) is 4.79 Å². The standard InChI is InChI=1S/C18H14O3/c1-12-7-8-15-14(9-12)11-21-18(15)16(10-17(19)20)13-5-3-2-4-6-13/h2-11H,1H3,(H,19,20)/b16-10-. The number of fused-ring (bicyclic) bond motifs is 1. The molecule has 3 aromatic rings. The van der Waals surface area contributed by atoms with Crippen molar-refractivity contribution in [3.8, 4) is 0 Å². The molecule has 0 fully saturated rings. The average Bonchev–Trinajstić information content (AvgIpc) is 2.88. The van der Waals surface area contributed by atoms with Gasteiger partial charge in [0.2, 0.25) is 0 Å². The number of hydrogen-bond donors (Lipinski definition) is 1. The Morgan fingerprint density at radius 3 is 2.62 bits per heavy atom. The quantitative estimate of drug-likeness (QED) is 0.728. The van der Waals surface area contributed by atoms with Crippen LogP contribution in [-0.2, 0) is 4.79 Å². The molecule has 0 atom stereocenters. The van der Waals surface area contributed by atoms with E-state index in [2.05, 4.69) is 0 Å². The lowest BCUT2D eigenvalue weighted by Gasteiger charge is -2.05. The zero-order valence-electron chi connectivity index (χ0n) is 11.5. The molecule has 3 nitrogen and oxygen atoms in total. The first-order valence-electron chi connectivity index (χ1n) is 6.63. The van der Waals surface area contributed by atoms with Gasteiger partial charge in [0.25, 0.3) is 0 Å². The summed E-state index contributed by atoms with van der Waals surface area (Å²) in [7, 11) is 0. The van der Waals surface area contributed by atoms with Crippen LogP contribution < -0.4 is 0 Å². The lowest BCUT2D eigenvalue weighted by Crippen LogP contribution is -1.94. The molecule has 1 heterocycles. The first-order chi connectivity index (χ1) is 10.1. The summed E-state index contributed by atoms with van der Waals surface area (Å²) < 4.78 is 5.66. The van der Waals surface area contributed by atoms with Crippen LogP contribution in [0.2, 0.25) is 0 Å². The van der Waals surface area contributed by atoms with Crippen LogP contribution >= 0.6 is 0 Å². The van der Waals surface area contributed by atoms with Gasteiger partial charge in [-0.15, -0.1) is 0 Å². The van der Waals surface area contributed by atoms with Crippen molar-refractivity contribution in [1.82, 2.24) is 0 Å². The van der Waals surface area contributed by atoms with E-state index in [9.17, 15) is 4.79 Å². The topological polar surface area (TPSA) is 50.4 Å². The summed E-state index contributed by atoms with van der Waals surface area (Å²) in [6.07, 6.45) is 2.85. The minimum atomic E-state index is -0.995. The SMILES string of the molecule is Cc1ccc2c(/C(=C\C(=O)O)c3ccccc3)occ2c1. The van der Waals surface area contributed by atoms with Crippen molar-refractivity contribution in [2.45, 2.75) is 6.92 Å². The molecule has 0 saturated carbocycles. The van der Waals surface area contributed by atoms with Gasteiger partial charge in [0, 0.05) is 22.4 Å². The monoisotopic (exact) mass is 278 g/mol. The number of hydrogen-bond acceptors (Lipinski definition) is 2. The molecule has 3 heteroatoms. The molecule has 1 N–H and O–H groups in total. The van der Waals surface area contributed by atoms with Crippen LogP contribution in [0.1, 0.15) is 16.9 Å². The number of carboxylic acid groups (broad SMARTS) is 1. The van der Waals surface area contributed by atoms with E-state index in [4.69, 9.17) is 9.52 Å². The largest absolute Gasteiger partial charge is 0.478 e. The zero-order valence-corrected chi connectivity index (χ0v) is 11.5. The maximum atomic E-state index is 11.2. The summed E-state index contributed by atoms with van der Waals surface area (Å²) in [5.41, 5.74) is 2.53. The van der Waals surface area contributed by atoms with Gasteiger partial charge in [-0.2, -0.15) is 0 Å². The number of carboxylic acids is 1. The number of aliphatic carboxylic acids is 1. The molecule has 0 unspecified atom stereocenters. The Bertz CT molecular complexity index is 826. The molecule has 104 valence electrons. The molecule has 2 aromatic carbocycles. The normalized spacial score (nSPS) is 11.8. The van der Waals surface area contributed by atoms with E-state index >= 15 is 0 Å². The Morgan fingerprint density at radius 2 is 1.90 bits per heavy atom. The molecule has 0 aliphatic rings. The van der Waals surface area contributed by atoms with E-state index < -0.39 is 5.97 Å². The fraction of sp³-hybridized carbons (Fsp3) is 0.0556. The molecule has 0 aliphatic carbocycles. The van der Waals surface area contributed by atoms with Crippen LogP contribution in [0.4, 0.5) is 0 Å². The molecule has 21 heavy (non-hydrogen) atoms. The summed E-state index contributed by atoms with van der Waals surface area (Å²) in [5.74, 6) is -0.413. The van der Waals surface area contributed by atoms with Crippen LogP contribution in [0.3, 0.4) is 0 Å². The summed E-state index contributed by atoms with van der Waals surface area (Å²) >= 11 is 0. The molecule has 1 aromatic heterocycles. The van der Waals surface area contributed by atoms with Crippen LogP contribution in [0, 0.1) is 6.92 Å². The summed E-state index contributed by atoms with van der Waals surface area (Å²) in [6, 6.07) is 15.4. The van der Waals surface area contributed by atoms with Crippen LogP contribution in [0.5, 0.6) is 0 Å². The number of furan rings is 1. The highest BCUT2D eigenvalue weighted by Gasteiger charge is 2.14. The second kappa shape index (κ2) is 5.29. The molecular formula is C18H14O3. The smallest absolute Gasteiger partial charge is 0.329 e. The summed E-state index contributed by atoms with van der Waals surface area (Å²) in [5, 5.41) is 11.0. The Balaban J connectivity index is 2.23. The number of carbonyl (C=O) groups is 1. The predicted octanol–water partition coefficient (Wildman–Crippen LogP) is 4.26. The van der Waals surface area contributed by atoms with Gasteiger partial charge < -0.3 is 9.52 Å². The maximum Gasteiger partial charge on any atom is 0.329 e. The van der Waals surface area contributed by atoms with Gasteiger partial charge in [-0.05, 0) is 18.6 Å². The van der Waals surface area contributed by atoms with Crippen molar-refractivity contribution in [1.29, 1.82) is 0 Å². The molecular weight excluding hydrogens is 264 g/mol.